The SMILES string of the molecule is NC(Cc1cccc(F)c1)CC1Cc2ccccc21. The Morgan fingerprint density at radius 1 is 1.16 bits per heavy atom. The van der Waals surface area contributed by atoms with Crippen LogP contribution in [0.5, 0.6) is 0 Å². The van der Waals surface area contributed by atoms with Crippen LogP contribution in [0.3, 0.4) is 0 Å². The van der Waals surface area contributed by atoms with Gasteiger partial charge < -0.3 is 5.73 Å². The molecule has 98 valence electrons. The summed E-state index contributed by atoms with van der Waals surface area (Å²) in [4.78, 5) is 0. The molecular formula is C17H18FN. The van der Waals surface area contributed by atoms with Crippen molar-refractivity contribution in [2.24, 2.45) is 5.73 Å². The van der Waals surface area contributed by atoms with Gasteiger partial charge in [0.15, 0.2) is 0 Å². The second kappa shape index (κ2) is 5.14. The van der Waals surface area contributed by atoms with Gasteiger partial charge in [-0.15, -0.1) is 0 Å². The van der Waals surface area contributed by atoms with Gasteiger partial charge in [-0.05, 0) is 54.0 Å². The predicted molar refractivity (Wildman–Crippen MR) is 75.6 cm³/mol. The zero-order valence-electron chi connectivity index (χ0n) is 10.9. The lowest BCUT2D eigenvalue weighted by atomic mass is 9.74. The summed E-state index contributed by atoms with van der Waals surface area (Å²) in [7, 11) is 0. The highest BCUT2D eigenvalue weighted by molar-refractivity contribution is 5.40. The minimum absolute atomic E-state index is 0.0974. The first kappa shape index (κ1) is 12.4. The molecule has 2 aromatic carbocycles. The van der Waals surface area contributed by atoms with Gasteiger partial charge in [-0.2, -0.15) is 0 Å². The van der Waals surface area contributed by atoms with Gasteiger partial charge in [0.05, 0.1) is 0 Å². The van der Waals surface area contributed by atoms with Crippen LogP contribution in [0, 0.1) is 5.82 Å². The van der Waals surface area contributed by atoms with Gasteiger partial charge in [0.25, 0.3) is 0 Å². The smallest absolute Gasteiger partial charge is 0.123 e. The second-order valence-corrected chi connectivity index (χ2v) is 5.43. The zero-order valence-corrected chi connectivity index (χ0v) is 10.9. The second-order valence-electron chi connectivity index (χ2n) is 5.43. The average molecular weight is 255 g/mol. The number of hydrogen-bond acceptors (Lipinski definition) is 1. The van der Waals surface area contributed by atoms with Crippen LogP contribution in [-0.2, 0) is 12.8 Å². The number of nitrogens with two attached hydrogens (primary N) is 1. The molecule has 0 spiro atoms. The summed E-state index contributed by atoms with van der Waals surface area (Å²) < 4.78 is 13.1. The molecule has 0 aliphatic heterocycles. The van der Waals surface area contributed by atoms with Gasteiger partial charge in [-0.25, -0.2) is 4.39 Å². The molecule has 2 heteroatoms. The summed E-state index contributed by atoms with van der Waals surface area (Å²) in [5.74, 6) is 0.401. The summed E-state index contributed by atoms with van der Waals surface area (Å²) in [6, 6.07) is 15.4. The van der Waals surface area contributed by atoms with Crippen molar-refractivity contribution in [3.63, 3.8) is 0 Å². The third kappa shape index (κ3) is 2.69. The zero-order chi connectivity index (χ0) is 13.2. The summed E-state index contributed by atoms with van der Waals surface area (Å²) in [5, 5.41) is 0. The monoisotopic (exact) mass is 255 g/mol. The van der Waals surface area contributed by atoms with E-state index in [0.717, 1.165) is 24.8 Å². The third-order valence-electron chi connectivity index (χ3n) is 3.94. The van der Waals surface area contributed by atoms with E-state index in [-0.39, 0.29) is 11.9 Å². The van der Waals surface area contributed by atoms with E-state index >= 15 is 0 Å². The maximum absolute atomic E-state index is 13.1. The number of rotatable bonds is 4. The molecule has 2 N–H and O–H groups in total. The largest absolute Gasteiger partial charge is 0.327 e. The first-order valence-corrected chi connectivity index (χ1v) is 6.80. The Balaban J connectivity index is 1.60. The molecule has 2 unspecified atom stereocenters. The molecule has 1 aliphatic carbocycles. The normalized spacial score (nSPS) is 18.5. The van der Waals surface area contributed by atoms with E-state index in [1.54, 1.807) is 12.1 Å². The van der Waals surface area contributed by atoms with Crippen molar-refractivity contribution in [3.8, 4) is 0 Å². The van der Waals surface area contributed by atoms with Crippen molar-refractivity contribution >= 4 is 0 Å². The summed E-state index contributed by atoms with van der Waals surface area (Å²) in [5.41, 5.74) is 10.1. The van der Waals surface area contributed by atoms with Crippen LogP contribution in [0.1, 0.15) is 29.0 Å². The molecule has 3 rings (SSSR count). The molecule has 0 saturated carbocycles. The summed E-state index contributed by atoms with van der Waals surface area (Å²) in [6.45, 7) is 0. The van der Waals surface area contributed by atoms with Crippen LogP contribution in [0.25, 0.3) is 0 Å². The molecule has 1 nitrogen and oxygen atoms in total. The molecule has 1 aliphatic rings. The van der Waals surface area contributed by atoms with Crippen molar-refractivity contribution < 1.29 is 4.39 Å². The van der Waals surface area contributed by atoms with Gasteiger partial charge in [0, 0.05) is 6.04 Å². The third-order valence-corrected chi connectivity index (χ3v) is 3.94. The fourth-order valence-corrected chi connectivity index (χ4v) is 2.99. The van der Waals surface area contributed by atoms with Crippen LogP contribution < -0.4 is 5.73 Å². The Morgan fingerprint density at radius 3 is 2.79 bits per heavy atom. The lowest BCUT2D eigenvalue weighted by Gasteiger charge is -2.32. The van der Waals surface area contributed by atoms with Crippen LogP contribution in [0.15, 0.2) is 48.5 Å². The lowest BCUT2D eigenvalue weighted by Crippen LogP contribution is -2.29. The predicted octanol–water partition coefficient (Wildman–Crippen LogP) is 3.43. The molecule has 0 heterocycles. The Kier molecular flexibility index (Phi) is 3.34. The average Bonchev–Trinajstić information content (AvgIpc) is 2.36. The molecule has 0 radical (unpaired) electrons. The van der Waals surface area contributed by atoms with E-state index in [4.69, 9.17) is 5.73 Å². The van der Waals surface area contributed by atoms with E-state index in [9.17, 15) is 4.39 Å². The highest BCUT2D eigenvalue weighted by atomic mass is 19.1. The fraction of sp³-hybridized carbons (Fsp3) is 0.294. The van der Waals surface area contributed by atoms with E-state index in [1.807, 2.05) is 6.07 Å². The van der Waals surface area contributed by atoms with Gasteiger partial charge in [-0.3, -0.25) is 0 Å². The van der Waals surface area contributed by atoms with Crippen molar-refractivity contribution in [2.45, 2.75) is 31.2 Å². The molecule has 2 aromatic rings. The number of benzene rings is 2. The number of fused-ring (bicyclic) bond motifs is 1. The summed E-state index contributed by atoms with van der Waals surface area (Å²) >= 11 is 0. The van der Waals surface area contributed by atoms with E-state index in [0.29, 0.717) is 5.92 Å². The maximum atomic E-state index is 13.1. The van der Waals surface area contributed by atoms with Gasteiger partial charge >= 0.3 is 0 Å². The topological polar surface area (TPSA) is 26.0 Å². The number of halogens is 1. The Labute approximate surface area is 113 Å². The summed E-state index contributed by atoms with van der Waals surface area (Å²) in [6.07, 6.45) is 2.86. The Hall–Kier alpha value is -1.67. The minimum Gasteiger partial charge on any atom is -0.327 e. The van der Waals surface area contributed by atoms with Crippen molar-refractivity contribution in [2.75, 3.05) is 0 Å². The fourth-order valence-electron chi connectivity index (χ4n) is 2.99. The molecule has 19 heavy (non-hydrogen) atoms. The highest BCUT2D eigenvalue weighted by Crippen LogP contribution is 2.37. The van der Waals surface area contributed by atoms with Gasteiger partial charge in [-0.1, -0.05) is 36.4 Å². The quantitative estimate of drug-likeness (QED) is 0.890. The van der Waals surface area contributed by atoms with E-state index < -0.39 is 0 Å². The minimum atomic E-state index is -0.182. The maximum Gasteiger partial charge on any atom is 0.123 e. The highest BCUT2D eigenvalue weighted by Gasteiger charge is 2.26. The Morgan fingerprint density at radius 2 is 2.00 bits per heavy atom. The van der Waals surface area contributed by atoms with E-state index in [1.165, 1.54) is 17.2 Å². The molecule has 0 saturated heterocycles. The van der Waals surface area contributed by atoms with Crippen LogP contribution >= 0.6 is 0 Å². The van der Waals surface area contributed by atoms with Crippen molar-refractivity contribution in [3.05, 3.63) is 71.0 Å². The van der Waals surface area contributed by atoms with Gasteiger partial charge in [0.2, 0.25) is 0 Å². The van der Waals surface area contributed by atoms with Crippen molar-refractivity contribution in [1.29, 1.82) is 0 Å². The molecule has 0 amide bonds. The standard InChI is InChI=1S/C17H18FN/c18-15-6-3-4-12(8-15)9-16(19)11-14-10-13-5-1-2-7-17(13)14/h1-8,14,16H,9-11,19H2. The van der Waals surface area contributed by atoms with Crippen molar-refractivity contribution in [1.82, 2.24) is 0 Å². The van der Waals surface area contributed by atoms with Crippen LogP contribution in [0.4, 0.5) is 4.39 Å². The van der Waals surface area contributed by atoms with Crippen LogP contribution in [0.2, 0.25) is 0 Å². The lowest BCUT2D eigenvalue weighted by molar-refractivity contribution is 0.484. The first-order valence-electron chi connectivity index (χ1n) is 6.80. The molecule has 0 fully saturated rings. The van der Waals surface area contributed by atoms with Crippen LogP contribution in [-0.4, -0.2) is 6.04 Å². The molecule has 2 atom stereocenters. The van der Waals surface area contributed by atoms with E-state index in [2.05, 4.69) is 24.3 Å². The first-order chi connectivity index (χ1) is 9.22. The number of hydrogen-bond donors (Lipinski definition) is 1. The molecule has 0 bridgehead atoms. The van der Waals surface area contributed by atoms with Gasteiger partial charge in [0.1, 0.15) is 5.82 Å². The molecule has 0 aromatic heterocycles. The Bertz CT molecular complexity index is 579. The molecular weight excluding hydrogens is 237 g/mol.